The van der Waals surface area contributed by atoms with Gasteiger partial charge in [-0.05, 0) is 53.1 Å². The van der Waals surface area contributed by atoms with Gasteiger partial charge in [-0.1, -0.05) is 6.92 Å². The number of methoxy groups -OCH3 is 1. The first-order chi connectivity index (χ1) is 16.8. The van der Waals surface area contributed by atoms with Gasteiger partial charge in [0.15, 0.2) is 0 Å². The third kappa shape index (κ3) is 3.83. The average molecular weight is 524 g/mol. The number of thiophene rings is 3. The van der Waals surface area contributed by atoms with Crippen LogP contribution in [0.1, 0.15) is 49.4 Å². The third-order valence-corrected chi connectivity index (χ3v) is 9.11. The van der Waals surface area contributed by atoms with Crippen molar-refractivity contribution in [2.45, 2.75) is 26.2 Å². The van der Waals surface area contributed by atoms with E-state index in [9.17, 15) is 14.9 Å². The van der Waals surface area contributed by atoms with Crippen LogP contribution in [0.5, 0.6) is 0 Å². The highest BCUT2D eigenvalue weighted by Gasteiger charge is 2.30. The van der Waals surface area contributed by atoms with E-state index in [4.69, 9.17) is 16.2 Å². The topological polar surface area (TPSA) is 144 Å². The van der Waals surface area contributed by atoms with Crippen molar-refractivity contribution >= 4 is 72.6 Å². The van der Waals surface area contributed by atoms with Crippen LogP contribution < -0.4 is 16.8 Å². The van der Waals surface area contributed by atoms with Crippen molar-refractivity contribution in [2.75, 3.05) is 23.9 Å². The van der Waals surface area contributed by atoms with Gasteiger partial charge in [0.2, 0.25) is 0 Å². The number of nitrogens with zero attached hydrogens (tertiary/aromatic N) is 2. The zero-order chi connectivity index (χ0) is 24.9. The Labute approximate surface area is 213 Å². The summed E-state index contributed by atoms with van der Waals surface area (Å²) in [6.45, 7) is 2.18. The van der Waals surface area contributed by atoms with Crippen LogP contribution >= 0.6 is 34.0 Å². The number of nitrogens with one attached hydrogen (secondary N) is 1. The highest BCUT2D eigenvalue weighted by molar-refractivity contribution is 7.21. The molecule has 4 aromatic heterocycles. The summed E-state index contributed by atoms with van der Waals surface area (Å²) in [4.78, 5) is 32.2. The number of aromatic nitrogens is 1. The van der Waals surface area contributed by atoms with E-state index >= 15 is 0 Å². The van der Waals surface area contributed by atoms with E-state index in [1.54, 1.807) is 0 Å². The minimum absolute atomic E-state index is 0.0856. The van der Waals surface area contributed by atoms with E-state index in [0.717, 1.165) is 46.6 Å². The van der Waals surface area contributed by atoms with Crippen molar-refractivity contribution in [3.63, 3.8) is 0 Å². The first-order valence-corrected chi connectivity index (χ1v) is 13.4. The largest absolute Gasteiger partial charge is 0.465 e. The molecule has 1 atom stereocenters. The van der Waals surface area contributed by atoms with E-state index in [1.807, 2.05) is 16.8 Å². The Balaban J connectivity index is 1.61. The van der Waals surface area contributed by atoms with Gasteiger partial charge in [0.05, 0.1) is 18.4 Å². The number of nitriles is 1. The molecule has 1 aliphatic carbocycles. The molecule has 178 valence electrons. The van der Waals surface area contributed by atoms with Gasteiger partial charge in [0.25, 0.3) is 5.91 Å². The Bertz CT molecular complexity index is 1530. The minimum Gasteiger partial charge on any atom is -0.465 e. The lowest BCUT2D eigenvalue weighted by Gasteiger charge is -2.18. The molecule has 0 saturated carbocycles. The molecule has 8 nitrogen and oxygen atoms in total. The molecular formula is C24H21N5O3S3. The predicted octanol–water partition coefficient (Wildman–Crippen LogP) is 5.29. The van der Waals surface area contributed by atoms with Gasteiger partial charge in [0, 0.05) is 15.8 Å². The van der Waals surface area contributed by atoms with Crippen molar-refractivity contribution in [1.29, 1.82) is 5.26 Å². The number of anilines is 3. The number of fused-ring (bicyclic) bond motifs is 2. The molecule has 5 N–H and O–H groups in total. The second kappa shape index (κ2) is 8.96. The maximum Gasteiger partial charge on any atom is 0.341 e. The van der Waals surface area contributed by atoms with Crippen LogP contribution in [0.25, 0.3) is 21.3 Å². The molecule has 0 aliphatic heterocycles. The number of ether oxygens (including phenoxy) is 1. The number of amides is 1. The Morgan fingerprint density at radius 1 is 1.31 bits per heavy atom. The lowest BCUT2D eigenvalue weighted by atomic mass is 9.88. The highest BCUT2D eigenvalue weighted by atomic mass is 32.1. The van der Waals surface area contributed by atoms with Gasteiger partial charge in [-0.2, -0.15) is 16.6 Å². The first kappa shape index (κ1) is 23.3. The van der Waals surface area contributed by atoms with E-state index in [2.05, 4.69) is 23.3 Å². The molecule has 0 radical (unpaired) electrons. The Hall–Kier alpha value is -3.46. The number of hydrogen-bond donors (Lipinski definition) is 3. The van der Waals surface area contributed by atoms with Crippen molar-refractivity contribution < 1.29 is 14.3 Å². The van der Waals surface area contributed by atoms with Gasteiger partial charge in [-0.25, -0.2) is 9.78 Å². The van der Waals surface area contributed by atoms with Crippen molar-refractivity contribution in [1.82, 2.24) is 4.98 Å². The van der Waals surface area contributed by atoms with Crippen LogP contribution in [-0.2, 0) is 17.6 Å². The second-order valence-electron chi connectivity index (χ2n) is 8.40. The zero-order valence-corrected chi connectivity index (χ0v) is 21.4. The number of carbonyl (C=O) groups excluding carboxylic acids is 2. The molecular weight excluding hydrogens is 502 g/mol. The number of pyridine rings is 1. The zero-order valence-electron chi connectivity index (χ0n) is 18.9. The maximum atomic E-state index is 13.4. The number of carbonyl (C=O) groups is 2. The van der Waals surface area contributed by atoms with Gasteiger partial charge in [-0.15, -0.1) is 22.7 Å². The van der Waals surface area contributed by atoms with Crippen molar-refractivity contribution in [3.8, 4) is 17.2 Å². The summed E-state index contributed by atoms with van der Waals surface area (Å²) in [5, 5.41) is 17.4. The van der Waals surface area contributed by atoms with Crippen LogP contribution in [0, 0.1) is 17.2 Å². The van der Waals surface area contributed by atoms with Crippen LogP contribution in [0.4, 0.5) is 16.5 Å². The number of hydrogen-bond acceptors (Lipinski definition) is 10. The predicted molar refractivity (Wildman–Crippen MR) is 141 cm³/mol. The van der Waals surface area contributed by atoms with Crippen LogP contribution in [0.15, 0.2) is 16.8 Å². The number of esters is 1. The smallest absolute Gasteiger partial charge is 0.341 e. The highest BCUT2D eigenvalue weighted by Crippen LogP contribution is 2.44. The van der Waals surface area contributed by atoms with Crippen LogP contribution in [0.3, 0.4) is 0 Å². The van der Waals surface area contributed by atoms with E-state index in [-0.39, 0.29) is 21.9 Å². The van der Waals surface area contributed by atoms with Crippen molar-refractivity contribution in [3.05, 3.63) is 43.3 Å². The Morgan fingerprint density at radius 3 is 2.80 bits per heavy atom. The summed E-state index contributed by atoms with van der Waals surface area (Å²) < 4.78 is 5.02. The molecule has 0 fully saturated rings. The molecule has 1 amide bonds. The summed E-state index contributed by atoms with van der Waals surface area (Å²) in [5.41, 5.74) is 15.7. The second-order valence-corrected chi connectivity index (χ2v) is 11.3. The van der Waals surface area contributed by atoms with Gasteiger partial charge in [0.1, 0.15) is 32.2 Å². The van der Waals surface area contributed by atoms with Gasteiger partial charge < -0.3 is 21.5 Å². The monoisotopic (exact) mass is 523 g/mol. The Morgan fingerprint density at radius 2 is 2.11 bits per heavy atom. The SMILES string of the molecule is COC(=O)c1c(NC(=O)c2sc3nc(N)c(C#N)c(-c4ccsc4)c3c2N)sc2c1CCC(C)C2. The number of nitrogen functional groups attached to an aromatic ring is 2. The summed E-state index contributed by atoms with van der Waals surface area (Å²) in [7, 11) is 1.34. The molecule has 1 unspecified atom stereocenters. The molecule has 4 aromatic rings. The third-order valence-electron chi connectivity index (χ3n) is 6.16. The Kier molecular flexibility index (Phi) is 5.96. The normalized spacial score (nSPS) is 14.9. The number of rotatable bonds is 4. The molecule has 0 spiro atoms. The van der Waals surface area contributed by atoms with E-state index in [1.165, 1.54) is 29.8 Å². The summed E-state index contributed by atoms with van der Waals surface area (Å²) in [6.07, 6.45) is 2.60. The molecule has 35 heavy (non-hydrogen) atoms. The van der Waals surface area contributed by atoms with E-state index in [0.29, 0.717) is 32.3 Å². The van der Waals surface area contributed by atoms with Gasteiger partial charge >= 0.3 is 5.97 Å². The fraction of sp³-hybridized carbons (Fsp3) is 0.250. The van der Waals surface area contributed by atoms with Gasteiger partial charge in [-0.3, -0.25) is 4.79 Å². The molecule has 11 heteroatoms. The molecule has 0 bridgehead atoms. The lowest BCUT2D eigenvalue weighted by Crippen LogP contribution is -2.16. The summed E-state index contributed by atoms with van der Waals surface area (Å²) in [6, 6.07) is 3.99. The lowest BCUT2D eigenvalue weighted by molar-refractivity contribution is 0.0601. The maximum absolute atomic E-state index is 13.4. The fourth-order valence-corrected chi connectivity index (χ4v) is 7.51. The molecule has 5 rings (SSSR count). The number of nitrogens with two attached hydrogens (primary N) is 2. The standard InChI is InChI=1S/C24H21N5O3S3/c1-10-3-4-12-14(7-10)34-22(16(12)24(31)32-2)29-21(30)19-18(26)17-15(11-5-6-33-9-11)13(8-25)20(27)28-23(17)35-19/h5-6,9-10H,3-4,7,26H2,1-2H3,(H2,27,28)(H,29,30). The quantitative estimate of drug-likeness (QED) is 0.308. The first-order valence-electron chi connectivity index (χ1n) is 10.8. The summed E-state index contributed by atoms with van der Waals surface area (Å²) in [5.74, 6) is -0.322. The molecule has 0 aromatic carbocycles. The van der Waals surface area contributed by atoms with Crippen LogP contribution in [0.2, 0.25) is 0 Å². The van der Waals surface area contributed by atoms with Crippen LogP contribution in [-0.4, -0.2) is 24.0 Å². The minimum atomic E-state index is -0.468. The fourth-order valence-electron chi connectivity index (χ4n) is 4.46. The average Bonchev–Trinajstić information content (AvgIpc) is 3.55. The molecule has 1 aliphatic rings. The summed E-state index contributed by atoms with van der Waals surface area (Å²) >= 11 is 3.99. The van der Waals surface area contributed by atoms with E-state index < -0.39 is 11.9 Å². The molecule has 4 heterocycles. The van der Waals surface area contributed by atoms with Crippen molar-refractivity contribution in [2.24, 2.45) is 5.92 Å². The molecule has 0 saturated heterocycles.